The van der Waals surface area contributed by atoms with Gasteiger partial charge in [0, 0.05) is 33.1 Å². The summed E-state index contributed by atoms with van der Waals surface area (Å²) < 4.78 is 0. The molecule has 0 radical (unpaired) electrons. The zero-order valence-electron chi connectivity index (χ0n) is 14.0. The van der Waals surface area contributed by atoms with Crippen LogP contribution in [0.4, 0.5) is 4.79 Å². The quantitative estimate of drug-likeness (QED) is 0.833. The molecule has 3 amide bonds. The minimum absolute atomic E-state index is 0.0309. The van der Waals surface area contributed by atoms with Crippen molar-refractivity contribution in [2.45, 2.75) is 52.5 Å². The number of carbonyl (C=O) groups excluding carboxylic acids is 2. The smallest absolute Gasteiger partial charge is 0.315 e. The van der Waals surface area contributed by atoms with Gasteiger partial charge in [-0.2, -0.15) is 0 Å². The highest BCUT2D eigenvalue weighted by molar-refractivity contribution is 5.78. The molecule has 0 spiro atoms. The molecule has 0 saturated heterocycles. The number of nitrogens with zero attached hydrogens (tertiary/aromatic N) is 1. The Morgan fingerprint density at radius 1 is 1.24 bits per heavy atom. The van der Waals surface area contributed by atoms with Crippen molar-refractivity contribution in [2.24, 2.45) is 16.7 Å². The van der Waals surface area contributed by atoms with Crippen molar-refractivity contribution in [3.8, 4) is 0 Å². The first-order valence-electron chi connectivity index (χ1n) is 7.93. The van der Waals surface area contributed by atoms with Crippen LogP contribution in [0, 0.1) is 16.7 Å². The summed E-state index contributed by atoms with van der Waals surface area (Å²) in [6.07, 6.45) is 3.89. The molecular formula is C16H29N3O2. The average molecular weight is 295 g/mol. The molecule has 0 heterocycles. The highest BCUT2D eigenvalue weighted by atomic mass is 16.2. The molecule has 2 aliphatic carbocycles. The molecule has 3 unspecified atom stereocenters. The van der Waals surface area contributed by atoms with Crippen LogP contribution in [-0.2, 0) is 4.79 Å². The average Bonchev–Trinajstić information content (AvgIpc) is 2.71. The summed E-state index contributed by atoms with van der Waals surface area (Å²) in [4.78, 5) is 25.0. The third-order valence-corrected chi connectivity index (χ3v) is 6.22. The Balaban J connectivity index is 1.81. The lowest BCUT2D eigenvalue weighted by Crippen LogP contribution is -2.50. The van der Waals surface area contributed by atoms with E-state index in [-0.39, 0.29) is 23.4 Å². The molecular weight excluding hydrogens is 266 g/mol. The molecule has 21 heavy (non-hydrogen) atoms. The first kappa shape index (κ1) is 16.1. The zero-order chi connectivity index (χ0) is 15.8. The molecule has 120 valence electrons. The van der Waals surface area contributed by atoms with Crippen molar-refractivity contribution in [2.75, 3.05) is 20.6 Å². The highest BCUT2D eigenvalue weighted by Crippen LogP contribution is 2.65. The van der Waals surface area contributed by atoms with E-state index in [4.69, 9.17) is 0 Å². The summed E-state index contributed by atoms with van der Waals surface area (Å²) in [7, 11) is 3.45. The summed E-state index contributed by atoms with van der Waals surface area (Å²) in [5.41, 5.74) is 0.486. The largest absolute Gasteiger partial charge is 0.349 e. The van der Waals surface area contributed by atoms with Crippen LogP contribution in [0.15, 0.2) is 0 Å². The monoisotopic (exact) mass is 295 g/mol. The Morgan fingerprint density at radius 3 is 2.38 bits per heavy atom. The van der Waals surface area contributed by atoms with E-state index in [0.717, 1.165) is 6.42 Å². The van der Waals surface area contributed by atoms with E-state index in [1.807, 2.05) is 0 Å². The van der Waals surface area contributed by atoms with Crippen molar-refractivity contribution >= 4 is 11.9 Å². The van der Waals surface area contributed by atoms with Crippen LogP contribution in [0.1, 0.15) is 46.5 Å². The lowest BCUT2D eigenvalue weighted by molar-refractivity contribution is -0.128. The standard InChI is InChI=1S/C16H29N3O2/c1-15(2)11-6-8-16(15,3)12(10-11)18-14(21)17-9-7-13(20)19(4)5/h11-12H,6-10H2,1-5H3,(H2,17,18,21). The zero-order valence-corrected chi connectivity index (χ0v) is 14.0. The van der Waals surface area contributed by atoms with Crippen LogP contribution in [0.3, 0.4) is 0 Å². The summed E-state index contributed by atoms with van der Waals surface area (Å²) in [6.45, 7) is 7.36. The van der Waals surface area contributed by atoms with Crippen LogP contribution < -0.4 is 10.6 Å². The Bertz CT molecular complexity index is 433. The fourth-order valence-electron chi connectivity index (χ4n) is 4.14. The topological polar surface area (TPSA) is 61.4 Å². The normalized spacial score (nSPS) is 32.8. The van der Waals surface area contributed by atoms with Gasteiger partial charge in [0.1, 0.15) is 0 Å². The number of urea groups is 1. The number of amides is 3. The number of carbonyl (C=O) groups is 2. The van der Waals surface area contributed by atoms with Crippen LogP contribution in [-0.4, -0.2) is 43.5 Å². The molecule has 0 aromatic heterocycles. The van der Waals surface area contributed by atoms with E-state index in [9.17, 15) is 9.59 Å². The van der Waals surface area contributed by atoms with Crippen molar-refractivity contribution in [3.05, 3.63) is 0 Å². The van der Waals surface area contributed by atoms with Crippen molar-refractivity contribution in [1.82, 2.24) is 15.5 Å². The van der Waals surface area contributed by atoms with E-state index in [0.29, 0.717) is 24.3 Å². The lowest BCUT2D eigenvalue weighted by atomic mass is 9.69. The SMILES string of the molecule is CN(C)C(=O)CCNC(=O)NC1CC2CCC1(C)C2(C)C. The van der Waals surface area contributed by atoms with Gasteiger partial charge < -0.3 is 15.5 Å². The minimum Gasteiger partial charge on any atom is -0.349 e. The Morgan fingerprint density at radius 2 is 1.90 bits per heavy atom. The second kappa shape index (κ2) is 5.50. The maximum Gasteiger partial charge on any atom is 0.315 e. The first-order chi connectivity index (χ1) is 9.68. The fourth-order valence-corrected chi connectivity index (χ4v) is 4.14. The summed E-state index contributed by atoms with van der Waals surface area (Å²) >= 11 is 0. The molecule has 0 aliphatic heterocycles. The Kier molecular flexibility index (Phi) is 4.22. The van der Waals surface area contributed by atoms with E-state index in [1.54, 1.807) is 19.0 Å². The maximum atomic E-state index is 12.0. The van der Waals surface area contributed by atoms with E-state index in [2.05, 4.69) is 31.4 Å². The number of hydrogen-bond acceptors (Lipinski definition) is 2. The third kappa shape index (κ3) is 2.74. The van der Waals surface area contributed by atoms with Gasteiger partial charge in [0.05, 0.1) is 0 Å². The van der Waals surface area contributed by atoms with Crippen molar-refractivity contribution in [3.63, 3.8) is 0 Å². The molecule has 0 aromatic carbocycles. The van der Waals surface area contributed by atoms with Crippen molar-refractivity contribution < 1.29 is 9.59 Å². The molecule has 5 heteroatoms. The number of fused-ring (bicyclic) bond motifs is 2. The summed E-state index contributed by atoms with van der Waals surface area (Å²) in [5.74, 6) is 0.742. The molecule has 2 saturated carbocycles. The van der Waals surface area contributed by atoms with Crippen molar-refractivity contribution in [1.29, 1.82) is 0 Å². The molecule has 2 aliphatic rings. The van der Waals surface area contributed by atoms with Crippen LogP contribution in [0.5, 0.6) is 0 Å². The molecule has 2 fully saturated rings. The van der Waals surface area contributed by atoms with Gasteiger partial charge >= 0.3 is 6.03 Å². The van der Waals surface area contributed by atoms with E-state index in [1.165, 1.54) is 12.8 Å². The number of hydrogen-bond donors (Lipinski definition) is 2. The fraction of sp³-hybridized carbons (Fsp3) is 0.875. The van der Waals surface area contributed by atoms with Gasteiger partial charge in [0.25, 0.3) is 0 Å². The number of rotatable bonds is 4. The molecule has 2 N–H and O–H groups in total. The highest BCUT2D eigenvalue weighted by Gasteiger charge is 2.61. The lowest BCUT2D eigenvalue weighted by Gasteiger charge is -2.39. The second-order valence-electron chi connectivity index (χ2n) is 7.60. The van der Waals surface area contributed by atoms with Crippen LogP contribution in [0.25, 0.3) is 0 Å². The van der Waals surface area contributed by atoms with E-state index >= 15 is 0 Å². The van der Waals surface area contributed by atoms with Crippen LogP contribution in [0.2, 0.25) is 0 Å². The maximum absolute atomic E-state index is 12.0. The summed E-state index contributed by atoms with van der Waals surface area (Å²) in [5, 5.41) is 5.94. The molecule has 2 rings (SSSR count). The molecule has 5 nitrogen and oxygen atoms in total. The Hall–Kier alpha value is -1.26. The van der Waals surface area contributed by atoms with Gasteiger partial charge in [0.15, 0.2) is 0 Å². The van der Waals surface area contributed by atoms with Gasteiger partial charge in [-0.15, -0.1) is 0 Å². The van der Waals surface area contributed by atoms with Crippen LogP contribution >= 0.6 is 0 Å². The predicted molar refractivity (Wildman–Crippen MR) is 82.9 cm³/mol. The predicted octanol–water partition coefficient (Wildman–Crippen LogP) is 1.98. The van der Waals surface area contributed by atoms with E-state index < -0.39 is 0 Å². The summed E-state index contributed by atoms with van der Waals surface area (Å²) in [6, 6.07) is 0.104. The molecule has 3 atom stereocenters. The Labute approximate surface area is 127 Å². The minimum atomic E-state index is -0.142. The molecule has 0 aromatic rings. The molecule has 2 bridgehead atoms. The first-order valence-corrected chi connectivity index (χ1v) is 7.93. The number of nitrogens with one attached hydrogen (secondary N) is 2. The third-order valence-electron chi connectivity index (χ3n) is 6.22. The van der Waals surface area contributed by atoms with Gasteiger partial charge in [-0.05, 0) is 36.0 Å². The second-order valence-corrected chi connectivity index (χ2v) is 7.60. The van der Waals surface area contributed by atoms with Gasteiger partial charge in [0.2, 0.25) is 5.91 Å². The van der Waals surface area contributed by atoms with Gasteiger partial charge in [-0.3, -0.25) is 4.79 Å². The van der Waals surface area contributed by atoms with Gasteiger partial charge in [-0.25, -0.2) is 4.79 Å². The van der Waals surface area contributed by atoms with Gasteiger partial charge in [-0.1, -0.05) is 20.8 Å².